The number of halogens is 9. The molecular formula is C10H6F9N. The lowest BCUT2D eigenvalue weighted by atomic mass is 9.92. The van der Waals surface area contributed by atoms with Gasteiger partial charge in [-0.1, -0.05) is 6.07 Å². The van der Waals surface area contributed by atoms with E-state index in [0.29, 0.717) is 6.07 Å². The van der Waals surface area contributed by atoms with Crippen LogP contribution < -0.4 is 5.73 Å². The summed E-state index contributed by atoms with van der Waals surface area (Å²) in [5, 5.41) is 0. The average Bonchev–Trinajstić information content (AvgIpc) is 2.25. The van der Waals surface area contributed by atoms with E-state index in [9.17, 15) is 39.5 Å². The second-order valence-electron chi connectivity index (χ2n) is 3.80. The van der Waals surface area contributed by atoms with Gasteiger partial charge in [0.2, 0.25) is 0 Å². The van der Waals surface area contributed by atoms with Crippen LogP contribution in [0.1, 0.15) is 17.6 Å². The molecule has 0 spiro atoms. The third kappa shape index (κ3) is 2.50. The summed E-state index contributed by atoms with van der Waals surface area (Å²) in [6, 6.07) is 0.200. The Bertz CT molecular complexity index is 474. The highest BCUT2D eigenvalue weighted by Crippen LogP contribution is 2.53. The van der Waals surface area contributed by atoms with Crippen LogP contribution >= 0.6 is 0 Å². The van der Waals surface area contributed by atoms with Gasteiger partial charge in [-0.15, -0.1) is 0 Å². The second kappa shape index (κ2) is 4.74. The third-order valence-electron chi connectivity index (χ3n) is 2.50. The Labute approximate surface area is 106 Å². The molecule has 0 aliphatic heterocycles. The molecule has 0 radical (unpaired) electrons. The first kappa shape index (κ1) is 16.4. The van der Waals surface area contributed by atoms with Gasteiger partial charge >= 0.3 is 18.0 Å². The van der Waals surface area contributed by atoms with Crippen LogP contribution in [0.3, 0.4) is 0 Å². The van der Waals surface area contributed by atoms with Crippen molar-refractivity contribution in [3.8, 4) is 0 Å². The van der Waals surface area contributed by atoms with Crippen molar-refractivity contribution in [1.29, 1.82) is 0 Å². The molecule has 1 aromatic rings. The topological polar surface area (TPSA) is 26.0 Å². The number of nitrogens with two attached hydrogens (primary N) is 1. The highest BCUT2D eigenvalue weighted by molar-refractivity contribution is 5.51. The van der Waals surface area contributed by atoms with Crippen LogP contribution in [0.15, 0.2) is 18.2 Å². The number of benzene rings is 1. The Morgan fingerprint density at radius 3 is 1.65 bits per heavy atom. The molecule has 0 atom stereocenters. The highest BCUT2D eigenvalue weighted by atomic mass is 19.4. The quantitative estimate of drug-likeness (QED) is 0.632. The SMILES string of the molecule is Nc1ccc(C(F)(C(F)(F)F)C(F)(F)F)cc1C(F)F. The zero-order valence-corrected chi connectivity index (χ0v) is 9.29. The molecule has 10 heteroatoms. The highest BCUT2D eigenvalue weighted by Gasteiger charge is 2.73. The maximum absolute atomic E-state index is 13.6. The summed E-state index contributed by atoms with van der Waals surface area (Å²) in [7, 11) is 0. The van der Waals surface area contributed by atoms with Crippen molar-refractivity contribution in [3.63, 3.8) is 0 Å². The lowest BCUT2D eigenvalue weighted by molar-refractivity contribution is -0.348. The molecule has 114 valence electrons. The molecular weight excluding hydrogens is 305 g/mol. The van der Waals surface area contributed by atoms with E-state index in [1.807, 2.05) is 0 Å². The molecule has 0 unspecified atom stereocenters. The molecule has 0 heterocycles. The fourth-order valence-electron chi connectivity index (χ4n) is 1.47. The van der Waals surface area contributed by atoms with Gasteiger partial charge in [0.05, 0.1) is 0 Å². The number of alkyl halides is 9. The molecule has 0 fully saturated rings. The van der Waals surface area contributed by atoms with Crippen molar-refractivity contribution in [1.82, 2.24) is 0 Å². The lowest BCUT2D eigenvalue weighted by Gasteiger charge is -2.30. The molecule has 1 aromatic carbocycles. The van der Waals surface area contributed by atoms with E-state index in [4.69, 9.17) is 5.73 Å². The molecule has 0 aliphatic carbocycles. The van der Waals surface area contributed by atoms with Gasteiger partial charge in [0.25, 0.3) is 6.43 Å². The van der Waals surface area contributed by atoms with Gasteiger partial charge in [0.1, 0.15) is 0 Å². The maximum Gasteiger partial charge on any atom is 0.435 e. The maximum atomic E-state index is 13.6. The van der Waals surface area contributed by atoms with Crippen LogP contribution in [0.4, 0.5) is 45.2 Å². The summed E-state index contributed by atoms with van der Waals surface area (Å²) in [6.07, 6.45) is -16.2. The first-order valence-corrected chi connectivity index (χ1v) is 4.82. The first-order chi connectivity index (χ1) is 8.82. The van der Waals surface area contributed by atoms with E-state index < -0.39 is 41.3 Å². The Hall–Kier alpha value is -1.61. The van der Waals surface area contributed by atoms with Gasteiger partial charge in [-0.05, 0) is 12.1 Å². The Morgan fingerprint density at radius 2 is 1.30 bits per heavy atom. The molecule has 0 bridgehead atoms. The van der Waals surface area contributed by atoms with Crippen molar-refractivity contribution in [2.24, 2.45) is 0 Å². The molecule has 0 saturated heterocycles. The summed E-state index contributed by atoms with van der Waals surface area (Å²) >= 11 is 0. The fourth-order valence-corrected chi connectivity index (χ4v) is 1.47. The van der Waals surface area contributed by atoms with Crippen LogP contribution in [-0.4, -0.2) is 12.4 Å². The Balaban J connectivity index is 3.57. The van der Waals surface area contributed by atoms with E-state index in [0.717, 1.165) is 0 Å². The molecule has 0 aliphatic rings. The largest absolute Gasteiger partial charge is 0.435 e. The summed E-state index contributed by atoms with van der Waals surface area (Å²) < 4.78 is 113. The molecule has 0 aromatic heterocycles. The smallest absolute Gasteiger partial charge is 0.398 e. The summed E-state index contributed by atoms with van der Waals surface area (Å²) in [4.78, 5) is 0. The molecule has 2 N–H and O–H groups in total. The monoisotopic (exact) mass is 311 g/mol. The van der Waals surface area contributed by atoms with Crippen molar-refractivity contribution in [2.75, 3.05) is 5.73 Å². The predicted octanol–water partition coefficient (Wildman–Crippen LogP) is 4.50. The van der Waals surface area contributed by atoms with Gasteiger partial charge in [-0.2, -0.15) is 26.3 Å². The number of hydrogen-bond acceptors (Lipinski definition) is 1. The first-order valence-electron chi connectivity index (χ1n) is 4.82. The Morgan fingerprint density at radius 1 is 0.850 bits per heavy atom. The van der Waals surface area contributed by atoms with Crippen LogP contribution in [0.5, 0.6) is 0 Å². The van der Waals surface area contributed by atoms with Gasteiger partial charge in [0.15, 0.2) is 0 Å². The number of nitrogen functional groups attached to an aromatic ring is 1. The van der Waals surface area contributed by atoms with Gasteiger partial charge < -0.3 is 5.73 Å². The number of rotatable bonds is 2. The summed E-state index contributed by atoms with van der Waals surface area (Å²) in [5.41, 5.74) is -4.81. The van der Waals surface area contributed by atoms with E-state index in [-0.39, 0.29) is 12.1 Å². The minimum Gasteiger partial charge on any atom is -0.398 e. The normalized spacial score (nSPS) is 13.9. The third-order valence-corrected chi connectivity index (χ3v) is 2.50. The molecule has 20 heavy (non-hydrogen) atoms. The van der Waals surface area contributed by atoms with Crippen LogP contribution in [-0.2, 0) is 5.67 Å². The van der Waals surface area contributed by atoms with E-state index in [1.165, 1.54) is 0 Å². The molecule has 0 saturated carbocycles. The van der Waals surface area contributed by atoms with Gasteiger partial charge in [-0.25, -0.2) is 13.2 Å². The van der Waals surface area contributed by atoms with Gasteiger partial charge in [-0.3, -0.25) is 0 Å². The molecule has 0 amide bonds. The molecule has 1 nitrogen and oxygen atoms in total. The minimum absolute atomic E-state index is 0.0716. The lowest BCUT2D eigenvalue weighted by Crippen LogP contribution is -2.50. The van der Waals surface area contributed by atoms with Gasteiger partial charge in [0, 0.05) is 16.8 Å². The van der Waals surface area contributed by atoms with Crippen molar-refractivity contribution >= 4 is 5.69 Å². The van der Waals surface area contributed by atoms with Crippen molar-refractivity contribution in [3.05, 3.63) is 29.3 Å². The zero-order chi connectivity index (χ0) is 15.9. The summed E-state index contributed by atoms with van der Waals surface area (Å²) in [6.45, 7) is 0. The number of anilines is 1. The molecule has 1 rings (SSSR count). The van der Waals surface area contributed by atoms with Crippen molar-refractivity contribution < 1.29 is 39.5 Å². The van der Waals surface area contributed by atoms with Crippen LogP contribution in [0, 0.1) is 0 Å². The van der Waals surface area contributed by atoms with E-state index in [1.54, 1.807) is 0 Å². The predicted molar refractivity (Wildman–Crippen MR) is 50.7 cm³/mol. The second-order valence-corrected chi connectivity index (χ2v) is 3.80. The minimum atomic E-state index is -6.36. The Kier molecular flexibility index (Phi) is 3.90. The van der Waals surface area contributed by atoms with E-state index in [2.05, 4.69) is 0 Å². The zero-order valence-electron chi connectivity index (χ0n) is 9.29. The van der Waals surface area contributed by atoms with Crippen LogP contribution in [0.2, 0.25) is 0 Å². The fraction of sp³-hybridized carbons (Fsp3) is 0.400. The van der Waals surface area contributed by atoms with Crippen molar-refractivity contribution in [2.45, 2.75) is 24.4 Å². The average molecular weight is 311 g/mol. The number of hydrogen-bond donors (Lipinski definition) is 1. The standard InChI is InChI=1S/C10H6F9N/c11-7(12)5-3-4(1-2-6(5)20)8(13,9(14,15)16)10(17,18)19/h1-3,7H,20H2. The summed E-state index contributed by atoms with van der Waals surface area (Å²) in [5.74, 6) is 0. The van der Waals surface area contributed by atoms with E-state index >= 15 is 0 Å². The van der Waals surface area contributed by atoms with Crippen LogP contribution in [0.25, 0.3) is 0 Å².